The number of nitrogens with zero attached hydrogens (tertiary/aromatic N) is 2. The van der Waals surface area contributed by atoms with Crippen LogP contribution in [0.15, 0.2) is 18.2 Å². The standard InChI is InChI=1S/C21H30ClN5O2/c1-21(2,3)18(20(29)24-14-7-8-14)25-19(28)17-15-12-13(22)6-9-16(15)27(26-17)11-5-4-10-23/h6,9,12,14,18H,4-5,7-8,10-11,23H2,1-3H3,(H,24,29)(H,25,28). The molecule has 1 saturated carbocycles. The van der Waals surface area contributed by atoms with Gasteiger partial charge in [0, 0.05) is 23.0 Å². The molecule has 0 saturated heterocycles. The quantitative estimate of drug-likeness (QED) is 0.572. The molecular weight excluding hydrogens is 390 g/mol. The van der Waals surface area contributed by atoms with Crippen LogP contribution in [0.4, 0.5) is 0 Å². The van der Waals surface area contributed by atoms with Crippen molar-refractivity contribution in [1.29, 1.82) is 0 Å². The average Bonchev–Trinajstić information content (AvgIpc) is 3.38. The molecule has 29 heavy (non-hydrogen) atoms. The normalized spacial score (nSPS) is 15.3. The van der Waals surface area contributed by atoms with E-state index in [0.717, 1.165) is 31.2 Å². The highest BCUT2D eigenvalue weighted by atomic mass is 35.5. The minimum Gasteiger partial charge on any atom is -0.352 e. The van der Waals surface area contributed by atoms with Crippen LogP contribution in [0.2, 0.25) is 5.02 Å². The van der Waals surface area contributed by atoms with Gasteiger partial charge in [-0.1, -0.05) is 32.4 Å². The van der Waals surface area contributed by atoms with Gasteiger partial charge in [-0.2, -0.15) is 5.10 Å². The van der Waals surface area contributed by atoms with Gasteiger partial charge in [0.2, 0.25) is 5.91 Å². The predicted molar refractivity (Wildman–Crippen MR) is 115 cm³/mol. The fourth-order valence-electron chi connectivity index (χ4n) is 3.28. The second kappa shape index (κ2) is 8.71. The van der Waals surface area contributed by atoms with Crippen LogP contribution in [-0.4, -0.2) is 40.2 Å². The van der Waals surface area contributed by atoms with Gasteiger partial charge in [-0.25, -0.2) is 0 Å². The average molecular weight is 420 g/mol. The molecule has 0 bridgehead atoms. The number of hydrogen-bond acceptors (Lipinski definition) is 4. The van der Waals surface area contributed by atoms with Crippen LogP contribution >= 0.6 is 11.6 Å². The first kappa shape index (κ1) is 21.6. The Morgan fingerprint density at radius 2 is 2.03 bits per heavy atom. The highest BCUT2D eigenvalue weighted by Crippen LogP contribution is 2.26. The monoisotopic (exact) mass is 419 g/mol. The number of aryl methyl sites for hydroxylation is 1. The summed E-state index contributed by atoms with van der Waals surface area (Å²) in [4.78, 5) is 25.9. The first-order valence-electron chi connectivity index (χ1n) is 10.2. The van der Waals surface area contributed by atoms with Gasteiger partial charge in [-0.15, -0.1) is 0 Å². The summed E-state index contributed by atoms with van der Waals surface area (Å²) in [7, 11) is 0. The fourth-order valence-corrected chi connectivity index (χ4v) is 3.45. The molecule has 158 valence electrons. The number of carbonyl (C=O) groups excluding carboxylic acids is 2. The van der Waals surface area contributed by atoms with E-state index in [4.69, 9.17) is 17.3 Å². The van der Waals surface area contributed by atoms with Crippen molar-refractivity contribution < 1.29 is 9.59 Å². The molecule has 3 rings (SSSR count). The molecule has 2 amide bonds. The van der Waals surface area contributed by atoms with Crippen molar-refractivity contribution in [1.82, 2.24) is 20.4 Å². The molecule has 2 aromatic rings. The maximum atomic E-state index is 13.1. The highest BCUT2D eigenvalue weighted by Gasteiger charge is 2.36. The number of hydrogen-bond donors (Lipinski definition) is 3. The number of halogens is 1. The van der Waals surface area contributed by atoms with E-state index in [1.54, 1.807) is 12.1 Å². The molecule has 1 aliphatic carbocycles. The SMILES string of the molecule is CC(C)(C)C(NC(=O)c1nn(CCCCN)c2ccc(Cl)cc12)C(=O)NC1CC1. The van der Waals surface area contributed by atoms with Gasteiger partial charge in [-0.05, 0) is 55.8 Å². The second-order valence-electron chi connectivity index (χ2n) is 8.78. The van der Waals surface area contributed by atoms with Gasteiger partial charge in [-0.3, -0.25) is 14.3 Å². The summed E-state index contributed by atoms with van der Waals surface area (Å²) in [6.45, 7) is 7.08. The van der Waals surface area contributed by atoms with E-state index in [1.807, 2.05) is 31.5 Å². The zero-order valence-corrected chi connectivity index (χ0v) is 18.1. The highest BCUT2D eigenvalue weighted by molar-refractivity contribution is 6.31. The number of fused-ring (bicyclic) bond motifs is 1. The van der Waals surface area contributed by atoms with E-state index in [1.165, 1.54) is 0 Å². The Morgan fingerprint density at radius 1 is 1.31 bits per heavy atom. The maximum absolute atomic E-state index is 13.1. The van der Waals surface area contributed by atoms with Crippen LogP contribution in [0.1, 0.15) is 56.9 Å². The lowest BCUT2D eigenvalue weighted by molar-refractivity contribution is -0.125. The second-order valence-corrected chi connectivity index (χ2v) is 9.22. The molecule has 1 fully saturated rings. The summed E-state index contributed by atoms with van der Waals surface area (Å²) in [5, 5.41) is 11.7. The number of rotatable bonds is 8. The fraction of sp³-hybridized carbons (Fsp3) is 0.571. The topological polar surface area (TPSA) is 102 Å². The van der Waals surface area contributed by atoms with Crippen molar-refractivity contribution in [3.05, 3.63) is 28.9 Å². The molecule has 1 heterocycles. The van der Waals surface area contributed by atoms with E-state index >= 15 is 0 Å². The smallest absolute Gasteiger partial charge is 0.273 e. The van der Waals surface area contributed by atoms with Crippen molar-refractivity contribution in [2.45, 2.75) is 65.1 Å². The first-order valence-corrected chi connectivity index (χ1v) is 10.6. The van der Waals surface area contributed by atoms with Gasteiger partial charge in [0.05, 0.1) is 5.52 Å². The largest absolute Gasteiger partial charge is 0.352 e. The van der Waals surface area contributed by atoms with Crippen molar-refractivity contribution >= 4 is 34.3 Å². The molecular formula is C21H30ClN5O2. The summed E-state index contributed by atoms with van der Waals surface area (Å²) in [5.74, 6) is -0.529. The lowest BCUT2D eigenvalue weighted by Crippen LogP contribution is -2.54. The third-order valence-electron chi connectivity index (χ3n) is 5.08. The Hall–Kier alpha value is -2.12. The summed E-state index contributed by atoms with van der Waals surface area (Å²) in [5.41, 5.74) is 6.27. The Labute approximate surface area is 176 Å². The van der Waals surface area contributed by atoms with Crippen LogP contribution < -0.4 is 16.4 Å². The van der Waals surface area contributed by atoms with E-state index in [0.29, 0.717) is 23.5 Å². The number of amides is 2. The van der Waals surface area contributed by atoms with Crippen LogP contribution in [0.25, 0.3) is 10.9 Å². The van der Waals surface area contributed by atoms with Crippen LogP contribution in [0.5, 0.6) is 0 Å². The molecule has 8 heteroatoms. The van der Waals surface area contributed by atoms with Crippen molar-refractivity contribution in [3.8, 4) is 0 Å². The Kier molecular flexibility index (Phi) is 6.49. The minimum absolute atomic E-state index is 0.155. The molecule has 7 nitrogen and oxygen atoms in total. The summed E-state index contributed by atoms with van der Waals surface area (Å²) in [6.07, 6.45) is 3.73. The lowest BCUT2D eigenvalue weighted by Gasteiger charge is -2.30. The van der Waals surface area contributed by atoms with Gasteiger partial charge in [0.15, 0.2) is 5.69 Å². The molecule has 1 unspecified atom stereocenters. The lowest BCUT2D eigenvalue weighted by atomic mass is 9.86. The van der Waals surface area contributed by atoms with E-state index in [9.17, 15) is 9.59 Å². The number of unbranched alkanes of at least 4 members (excludes halogenated alkanes) is 1. The number of carbonyl (C=O) groups is 2. The van der Waals surface area contributed by atoms with Crippen LogP contribution in [0.3, 0.4) is 0 Å². The molecule has 1 atom stereocenters. The summed E-state index contributed by atoms with van der Waals surface area (Å²) >= 11 is 6.17. The molecule has 0 spiro atoms. The van der Waals surface area contributed by atoms with E-state index < -0.39 is 11.5 Å². The first-order chi connectivity index (χ1) is 13.7. The predicted octanol–water partition coefficient (Wildman–Crippen LogP) is 2.85. The van der Waals surface area contributed by atoms with Gasteiger partial charge >= 0.3 is 0 Å². The van der Waals surface area contributed by atoms with Crippen molar-refractivity contribution in [3.63, 3.8) is 0 Å². The maximum Gasteiger partial charge on any atom is 0.273 e. The Balaban J connectivity index is 1.88. The van der Waals surface area contributed by atoms with Crippen molar-refractivity contribution in [2.24, 2.45) is 11.1 Å². The van der Waals surface area contributed by atoms with Crippen LogP contribution in [-0.2, 0) is 11.3 Å². The molecule has 1 aromatic heterocycles. The van der Waals surface area contributed by atoms with Gasteiger partial charge in [0.1, 0.15) is 6.04 Å². The third-order valence-corrected chi connectivity index (χ3v) is 5.31. The third kappa shape index (κ3) is 5.28. The number of benzene rings is 1. The number of aromatic nitrogens is 2. The number of nitrogens with two attached hydrogens (primary N) is 1. The summed E-state index contributed by atoms with van der Waals surface area (Å²) in [6, 6.07) is 4.96. The van der Waals surface area contributed by atoms with Crippen molar-refractivity contribution in [2.75, 3.05) is 6.54 Å². The molecule has 4 N–H and O–H groups in total. The Bertz CT molecular complexity index is 898. The van der Waals surface area contributed by atoms with E-state index in [2.05, 4.69) is 15.7 Å². The zero-order chi connectivity index (χ0) is 21.2. The van der Waals surface area contributed by atoms with Crippen LogP contribution in [0, 0.1) is 5.41 Å². The minimum atomic E-state index is -0.660. The molecule has 0 aliphatic heterocycles. The molecule has 0 radical (unpaired) electrons. The summed E-state index contributed by atoms with van der Waals surface area (Å²) < 4.78 is 1.81. The molecule has 1 aliphatic rings. The Morgan fingerprint density at radius 3 is 2.66 bits per heavy atom. The molecule has 1 aromatic carbocycles. The van der Waals surface area contributed by atoms with Gasteiger partial charge in [0.25, 0.3) is 5.91 Å². The zero-order valence-electron chi connectivity index (χ0n) is 17.3. The van der Waals surface area contributed by atoms with E-state index in [-0.39, 0.29) is 23.6 Å². The number of nitrogens with one attached hydrogen (secondary N) is 2. The van der Waals surface area contributed by atoms with Gasteiger partial charge < -0.3 is 16.4 Å².